The maximum absolute atomic E-state index is 13.3. The molecule has 0 aliphatic carbocycles. The number of nitrogens with zero attached hydrogens (tertiary/aromatic N) is 2. The number of thioether (sulfide) groups is 1. The number of para-hydroxylation sites is 1. The summed E-state index contributed by atoms with van der Waals surface area (Å²) < 4.78 is 25.3. The van der Waals surface area contributed by atoms with Crippen LogP contribution in [0.3, 0.4) is 0 Å². The molecule has 1 saturated heterocycles. The fraction of sp³-hybridized carbons (Fsp3) is 0.300. The molecule has 0 saturated carbocycles. The molecule has 1 fully saturated rings. The Labute approximate surface area is 167 Å². The summed E-state index contributed by atoms with van der Waals surface area (Å²) in [6.07, 6.45) is -0.981. The zero-order valence-corrected chi connectivity index (χ0v) is 17.1. The predicted molar refractivity (Wildman–Crippen MR) is 111 cm³/mol. The Hall–Kier alpha value is -2.16. The molecule has 4 rings (SSSR count). The van der Waals surface area contributed by atoms with E-state index in [1.165, 1.54) is 4.57 Å². The van der Waals surface area contributed by atoms with Gasteiger partial charge in [0.15, 0.2) is 15.0 Å². The number of aliphatic hydroxyl groups is 1. The molecule has 146 valence electrons. The number of hydrogen-bond acceptors (Lipinski definition) is 6. The van der Waals surface area contributed by atoms with Crippen molar-refractivity contribution in [1.29, 1.82) is 0 Å². The topological polar surface area (TPSA) is 89.3 Å². The van der Waals surface area contributed by atoms with Gasteiger partial charge in [0.1, 0.15) is 0 Å². The summed E-state index contributed by atoms with van der Waals surface area (Å²) >= 11 is 1.15. The SMILES string of the molecule is Cc1ccc(-n2c(S[C@@H]3CS(=O)(=O)C[C@@H]3O)nc3ccccc3c2=O)c(C)c1. The van der Waals surface area contributed by atoms with Gasteiger partial charge < -0.3 is 5.11 Å². The Bertz CT molecular complexity index is 1230. The molecular formula is C20H20N2O4S2. The number of sulfone groups is 1. The Morgan fingerprint density at radius 1 is 1.14 bits per heavy atom. The third-order valence-corrected chi connectivity index (χ3v) is 8.06. The molecule has 28 heavy (non-hydrogen) atoms. The largest absolute Gasteiger partial charge is 0.391 e. The van der Waals surface area contributed by atoms with Gasteiger partial charge in [0.2, 0.25) is 0 Å². The van der Waals surface area contributed by atoms with E-state index in [0.717, 1.165) is 22.9 Å². The molecule has 2 aromatic carbocycles. The number of aryl methyl sites for hydroxylation is 2. The highest BCUT2D eigenvalue weighted by Crippen LogP contribution is 2.32. The van der Waals surface area contributed by atoms with Gasteiger partial charge in [-0.2, -0.15) is 0 Å². The lowest BCUT2D eigenvalue weighted by Crippen LogP contribution is -2.26. The van der Waals surface area contributed by atoms with Gasteiger partial charge >= 0.3 is 0 Å². The van der Waals surface area contributed by atoms with Crippen LogP contribution in [0.15, 0.2) is 52.4 Å². The van der Waals surface area contributed by atoms with Crippen LogP contribution in [0.4, 0.5) is 0 Å². The molecule has 0 bridgehead atoms. The van der Waals surface area contributed by atoms with E-state index in [4.69, 9.17) is 0 Å². The molecule has 0 radical (unpaired) electrons. The molecule has 6 nitrogen and oxygen atoms in total. The van der Waals surface area contributed by atoms with Crippen molar-refractivity contribution in [3.8, 4) is 5.69 Å². The molecule has 1 aliphatic rings. The molecule has 0 unspecified atom stereocenters. The van der Waals surface area contributed by atoms with Crippen LogP contribution >= 0.6 is 11.8 Å². The molecule has 3 aromatic rings. The van der Waals surface area contributed by atoms with Gasteiger partial charge in [-0.1, -0.05) is 41.6 Å². The van der Waals surface area contributed by atoms with E-state index in [1.807, 2.05) is 32.0 Å². The van der Waals surface area contributed by atoms with Gasteiger partial charge in [0, 0.05) is 0 Å². The van der Waals surface area contributed by atoms with Crippen LogP contribution in [0, 0.1) is 13.8 Å². The smallest absolute Gasteiger partial charge is 0.266 e. The van der Waals surface area contributed by atoms with Crippen molar-refractivity contribution in [1.82, 2.24) is 9.55 Å². The van der Waals surface area contributed by atoms with Crippen molar-refractivity contribution in [3.05, 3.63) is 63.9 Å². The standard InChI is InChI=1S/C20H20N2O4S2/c1-12-7-8-16(13(2)9-12)22-19(24)14-5-3-4-6-15(14)21-20(22)27-18-11-28(25,26)10-17(18)23/h3-9,17-18,23H,10-11H2,1-2H3/t17-,18+/m0/s1. The predicted octanol–water partition coefficient (Wildman–Crippen LogP) is 2.25. The highest BCUT2D eigenvalue weighted by molar-refractivity contribution is 8.01. The average Bonchev–Trinajstić information content (AvgIpc) is 2.88. The first-order valence-electron chi connectivity index (χ1n) is 8.90. The summed E-state index contributed by atoms with van der Waals surface area (Å²) in [6, 6.07) is 12.9. The molecular weight excluding hydrogens is 396 g/mol. The fourth-order valence-electron chi connectivity index (χ4n) is 3.50. The highest BCUT2D eigenvalue weighted by Gasteiger charge is 2.38. The highest BCUT2D eigenvalue weighted by atomic mass is 32.2. The minimum Gasteiger partial charge on any atom is -0.391 e. The van der Waals surface area contributed by atoms with E-state index in [0.29, 0.717) is 21.7 Å². The second-order valence-electron chi connectivity index (χ2n) is 7.14. The molecule has 2 atom stereocenters. The molecule has 8 heteroatoms. The van der Waals surface area contributed by atoms with Crippen LogP contribution in [0.1, 0.15) is 11.1 Å². The first-order chi connectivity index (χ1) is 13.2. The van der Waals surface area contributed by atoms with E-state index in [-0.39, 0.29) is 17.1 Å². The lowest BCUT2D eigenvalue weighted by Gasteiger charge is -2.18. The van der Waals surface area contributed by atoms with Crippen molar-refractivity contribution in [2.75, 3.05) is 11.5 Å². The van der Waals surface area contributed by atoms with Gasteiger partial charge in [-0.3, -0.25) is 9.36 Å². The van der Waals surface area contributed by atoms with Crippen LogP contribution < -0.4 is 5.56 Å². The van der Waals surface area contributed by atoms with E-state index < -0.39 is 21.2 Å². The maximum atomic E-state index is 13.3. The number of aromatic nitrogens is 2. The van der Waals surface area contributed by atoms with Crippen LogP contribution in [-0.4, -0.2) is 45.9 Å². The molecule has 0 spiro atoms. The summed E-state index contributed by atoms with van der Waals surface area (Å²) in [6.45, 7) is 3.90. The van der Waals surface area contributed by atoms with Crippen LogP contribution in [0.25, 0.3) is 16.6 Å². The maximum Gasteiger partial charge on any atom is 0.266 e. The normalized spacial score (nSPS) is 21.2. The lowest BCUT2D eigenvalue weighted by atomic mass is 10.1. The summed E-state index contributed by atoms with van der Waals surface area (Å²) in [7, 11) is -3.29. The first kappa shape index (κ1) is 19.2. The summed E-state index contributed by atoms with van der Waals surface area (Å²) in [5.74, 6) is -0.388. The van der Waals surface area contributed by atoms with Gasteiger partial charge in [-0.15, -0.1) is 0 Å². The number of hydrogen-bond donors (Lipinski definition) is 1. The second kappa shape index (κ2) is 7.02. The number of rotatable bonds is 3. The second-order valence-corrected chi connectivity index (χ2v) is 10.5. The van der Waals surface area contributed by atoms with E-state index in [1.54, 1.807) is 24.3 Å². The summed E-state index contributed by atoms with van der Waals surface area (Å²) in [5.41, 5.74) is 3.03. The van der Waals surface area contributed by atoms with Gasteiger partial charge in [-0.25, -0.2) is 13.4 Å². The minimum absolute atomic E-state index is 0.131. The quantitative estimate of drug-likeness (QED) is 0.659. The van der Waals surface area contributed by atoms with E-state index in [2.05, 4.69) is 4.98 Å². The molecule has 2 heterocycles. The van der Waals surface area contributed by atoms with Crippen molar-refractivity contribution in [3.63, 3.8) is 0 Å². The average molecular weight is 417 g/mol. The Morgan fingerprint density at radius 2 is 1.89 bits per heavy atom. The van der Waals surface area contributed by atoms with Gasteiger partial charge in [0.25, 0.3) is 5.56 Å². The number of fused-ring (bicyclic) bond motifs is 1. The van der Waals surface area contributed by atoms with Crippen molar-refractivity contribution >= 4 is 32.5 Å². The van der Waals surface area contributed by atoms with E-state index >= 15 is 0 Å². The van der Waals surface area contributed by atoms with Crippen LogP contribution in [0.5, 0.6) is 0 Å². The molecule has 0 amide bonds. The first-order valence-corrected chi connectivity index (χ1v) is 11.6. The lowest BCUT2D eigenvalue weighted by molar-refractivity contribution is 0.207. The van der Waals surface area contributed by atoms with Crippen LogP contribution in [0.2, 0.25) is 0 Å². The third kappa shape index (κ3) is 3.47. The monoisotopic (exact) mass is 416 g/mol. The number of aliphatic hydroxyl groups excluding tert-OH is 1. The van der Waals surface area contributed by atoms with Gasteiger partial charge in [-0.05, 0) is 37.6 Å². The fourth-order valence-corrected chi connectivity index (χ4v) is 7.09. The van der Waals surface area contributed by atoms with Crippen molar-refractivity contribution in [2.24, 2.45) is 0 Å². The third-order valence-electron chi connectivity index (χ3n) is 4.87. The Kier molecular flexibility index (Phi) is 4.81. The molecule has 1 aromatic heterocycles. The number of benzene rings is 2. The summed E-state index contributed by atoms with van der Waals surface area (Å²) in [4.78, 5) is 17.9. The molecule has 1 aliphatic heterocycles. The minimum atomic E-state index is -3.29. The Balaban J connectivity index is 1.93. The zero-order chi connectivity index (χ0) is 20.1. The van der Waals surface area contributed by atoms with Crippen molar-refractivity contribution in [2.45, 2.75) is 30.4 Å². The Morgan fingerprint density at radius 3 is 2.57 bits per heavy atom. The molecule has 1 N–H and O–H groups in total. The van der Waals surface area contributed by atoms with E-state index in [9.17, 15) is 18.3 Å². The zero-order valence-electron chi connectivity index (χ0n) is 15.5. The summed E-state index contributed by atoms with van der Waals surface area (Å²) in [5, 5.41) is 10.5. The van der Waals surface area contributed by atoms with Gasteiger partial charge in [0.05, 0.1) is 39.4 Å². The van der Waals surface area contributed by atoms with Crippen molar-refractivity contribution < 1.29 is 13.5 Å². The van der Waals surface area contributed by atoms with Crippen LogP contribution in [-0.2, 0) is 9.84 Å².